The van der Waals surface area contributed by atoms with Crippen LogP contribution in [0.3, 0.4) is 0 Å². The van der Waals surface area contributed by atoms with E-state index in [1.807, 2.05) is 24.3 Å². The summed E-state index contributed by atoms with van der Waals surface area (Å²) in [6.07, 6.45) is 1.78. The monoisotopic (exact) mass is 460 g/mol. The number of ether oxygens (including phenoxy) is 1. The molecule has 4 rings (SSSR count). The van der Waals surface area contributed by atoms with Gasteiger partial charge >= 0.3 is 5.97 Å². The van der Waals surface area contributed by atoms with Gasteiger partial charge in [0.1, 0.15) is 16.8 Å². The highest BCUT2D eigenvalue weighted by molar-refractivity contribution is 9.10. The fourth-order valence-corrected chi connectivity index (χ4v) is 3.88. The molecule has 4 nitrogen and oxygen atoms in total. The first-order valence-electron chi connectivity index (χ1n) is 8.68. The number of aromatic nitrogens is 1. The maximum Gasteiger partial charge on any atom is 0.343 e. The largest absolute Gasteiger partial charge is 0.423 e. The second kappa shape index (κ2) is 8.39. The first kappa shape index (κ1) is 19.1. The molecule has 0 aliphatic heterocycles. The Morgan fingerprint density at radius 3 is 2.45 bits per heavy atom. The van der Waals surface area contributed by atoms with Crippen molar-refractivity contribution in [3.8, 4) is 11.8 Å². The van der Waals surface area contributed by atoms with Gasteiger partial charge in [-0.05, 0) is 60.2 Å². The summed E-state index contributed by atoms with van der Waals surface area (Å²) in [4.78, 5) is 16.7. The van der Waals surface area contributed by atoms with Crippen LogP contribution in [0.25, 0.3) is 21.9 Å². The minimum Gasteiger partial charge on any atom is -0.423 e. The van der Waals surface area contributed by atoms with Gasteiger partial charge in [0.25, 0.3) is 0 Å². The third kappa shape index (κ3) is 4.43. The number of para-hydroxylation sites is 1. The van der Waals surface area contributed by atoms with E-state index in [0.717, 1.165) is 20.3 Å². The van der Waals surface area contributed by atoms with Gasteiger partial charge in [0.15, 0.2) is 0 Å². The van der Waals surface area contributed by atoms with Crippen LogP contribution in [0.4, 0.5) is 0 Å². The van der Waals surface area contributed by atoms with E-state index >= 15 is 0 Å². The van der Waals surface area contributed by atoms with Gasteiger partial charge < -0.3 is 4.74 Å². The molecule has 3 aromatic carbocycles. The lowest BCUT2D eigenvalue weighted by Crippen LogP contribution is -2.08. The number of carbonyl (C=O) groups is 1. The zero-order valence-electron chi connectivity index (χ0n) is 15.0. The molecule has 0 N–H and O–H groups in total. The molecular formula is C23H13BrN2O2S. The summed E-state index contributed by atoms with van der Waals surface area (Å²) in [5, 5.41) is 10.2. The Bertz CT molecular complexity index is 1220. The van der Waals surface area contributed by atoms with E-state index in [9.17, 15) is 10.1 Å². The number of benzene rings is 3. The second-order valence-electron chi connectivity index (χ2n) is 6.12. The van der Waals surface area contributed by atoms with Crippen LogP contribution < -0.4 is 4.74 Å². The molecule has 0 unspecified atom stereocenters. The van der Waals surface area contributed by atoms with Crippen LogP contribution in [0.5, 0.6) is 5.75 Å². The zero-order chi connectivity index (χ0) is 20.2. The molecule has 0 bridgehead atoms. The molecule has 0 radical (unpaired) electrons. The number of rotatable bonds is 4. The molecule has 0 aliphatic carbocycles. The average Bonchev–Trinajstić information content (AvgIpc) is 3.17. The van der Waals surface area contributed by atoms with Crippen LogP contribution in [0.15, 0.2) is 77.3 Å². The maximum atomic E-state index is 12.2. The van der Waals surface area contributed by atoms with Gasteiger partial charge in [0.2, 0.25) is 0 Å². The third-order valence-electron chi connectivity index (χ3n) is 4.13. The Kier molecular flexibility index (Phi) is 5.52. The summed E-state index contributed by atoms with van der Waals surface area (Å²) in [7, 11) is 0. The van der Waals surface area contributed by atoms with E-state index < -0.39 is 5.97 Å². The van der Waals surface area contributed by atoms with Crippen LogP contribution >= 0.6 is 27.3 Å². The van der Waals surface area contributed by atoms with Crippen molar-refractivity contribution in [2.24, 2.45) is 0 Å². The SMILES string of the molecule is N#CC(=Cc1ccc(OC(=O)c2ccc(Br)cc2)cc1)c1nc2ccccc2s1. The summed E-state index contributed by atoms with van der Waals surface area (Å²) in [5.74, 6) is 0.0153. The molecule has 0 spiro atoms. The number of hydrogen-bond donors (Lipinski definition) is 0. The van der Waals surface area contributed by atoms with Crippen LogP contribution in [-0.4, -0.2) is 11.0 Å². The highest BCUT2D eigenvalue weighted by Gasteiger charge is 2.10. The number of hydrogen-bond acceptors (Lipinski definition) is 5. The van der Waals surface area contributed by atoms with E-state index in [0.29, 0.717) is 21.9 Å². The maximum absolute atomic E-state index is 12.2. The number of fused-ring (bicyclic) bond motifs is 1. The number of thiazole rings is 1. The molecule has 1 aromatic heterocycles. The molecule has 0 saturated carbocycles. The lowest BCUT2D eigenvalue weighted by molar-refractivity contribution is 0.0734. The molecule has 4 aromatic rings. The Morgan fingerprint density at radius 1 is 1.03 bits per heavy atom. The first-order chi connectivity index (χ1) is 14.1. The highest BCUT2D eigenvalue weighted by atomic mass is 79.9. The Balaban J connectivity index is 1.52. The molecule has 6 heteroatoms. The number of esters is 1. The van der Waals surface area contributed by atoms with Crippen molar-refractivity contribution in [2.45, 2.75) is 0 Å². The number of nitriles is 1. The van der Waals surface area contributed by atoms with E-state index in [2.05, 4.69) is 27.0 Å². The van der Waals surface area contributed by atoms with Crippen LogP contribution in [0, 0.1) is 11.3 Å². The van der Waals surface area contributed by atoms with Crippen LogP contribution in [0.1, 0.15) is 20.9 Å². The molecule has 140 valence electrons. The van der Waals surface area contributed by atoms with Gasteiger partial charge in [-0.15, -0.1) is 11.3 Å². The van der Waals surface area contributed by atoms with E-state index in [1.54, 1.807) is 54.6 Å². The summed E-state index contributed by atoms with van der Waals surface area (Å²) in [6, 6.07) is 24.0. The fourth-order valence-electron chi connectivity index (χ4n) is 2.68. The fraction of sp³-hybridized carbons (Fsp3) is 0. The topological polar surface area (TPSA) is 63.0 Å². The smallest absolute Gasteiger partial charge is 0.343 e. The van der Waals surface area contributed by atoms with Crippen LogP contribution in [0.2, 0.25) is 0 Å². The summed E-state index contributed by atoms with van der Waals surface area (Å²) >= 11 is 4.82. The van der Waals surface area contributed by atoms with Crippen molar-refractivity contribution in [3.63, 3.8) is 0 Å². The molecule has 0 amide bonds. The van der Waals surface area contributed by atoms with Gasteiger partial charge in [-0.2, -0.15) is 5.26 Å². The molecule has 0 atom stereocenters. The highest BCUT2D eigenvalue weighted by Crippen LogP contribution is 2.28. The molecule has 29 heavy (non-hydrogen) atoms. The van der Waals surface area contributed by atoms with Crippen molar-refractivity contribution in [1.29, 1.82) is 5.26 Å². The predicted molar refractivity (Wildman–Crippen MR) is 119 cm³/mol. The van der Waals surface area contributed by atoms with E-state index in [1.165, 1.54) is 11.3 Å². The first-order valence-corrected chi connectivity index (χ1v) is 10.3. The second-order valence-corrected chi connectivity index (χ2v) is 8.07. The zero-order valence-corrected chi connectivity index (χ0v) is 17.4. The average molecular weight is 461 g/mol. The molecule has 1 heterocycles. The van der Waals surface area contributed by atoms with Crippen molar-refractivity contribution in [1.82, 2.24) is 4.98 Å². The van der Waals surface area contributed by atoms with E-state index in [4.69, 9.17) is 4.74 Å². The lowest BCUT2D eigenvalue weighted by Gasteiger charge is -2.05. The van der Waals surface area contributed by atoms with Gasteiger partial charge in [0, 0.05) is 4.47 Å². The molecule has 0 saturated heterocycles. The van der Waals surface area contributed by atoms with Crippen molar-refractivity contribution in [3.05, 3.63) is 93.4 Å². The molecular weight excluding hydrogens is 448 g/mol. The normalized spacial score (nSPS) is 11.2. The van der Waals surface area contributed by atoms with Gasteiger partial charge in [-0.1, -0.05) is 40.2 Å². The minimum absolute atomic E-state index is 0.423. The van der Waals surface area contributed by atoms with Gasteiger partial charge in [0.05, 0.1) is 21.4 Å². The summed E-state index contributed by atoms with van der Waals surface area (Å²) < 4.78 is 7.34. The molecule has 0 fully saturated rings. The standard InChI is InChI=1S/C23H13BrN2O2S/c24-18-9-7-16(8-10-18)23(27)28-19-11-5-15(6-12-19)13-17(14-25)22-26-20-3-1-2-4-21(20)29-22/h1-13H. The number of carbonyl (C=O) groups excluding carboxylic acids is 1. The van der Waals surface area contributed by atoms with Crippen LogP contribution in [-0.2, 0) is 0 Å². The van der Waals surface area contributed by atoms with Crippen molar-refractivity contribution < 1.29 is 9.53 Å². The Labute approximate surface area is 179 Å². The summed E-state index contributed by atoms with van der Waals surface area (Å²) in [5.41, 5.74) is 2.67. The molecule has 0 aliphatic rings. The number of nitrogens with zero attached hydrogens (tertiary/aromatic N) is 2. The van der Waals surface area contributed by atoms with Crippen molar-refractivity contribution >= 4 is 55.1 Å². The number of allylic oxidation sites excluding steroid dienone is 1. The quantitative estimate of drug-likeness (QED) is 0.202. The van der Waals surface area contributed by atoms with Gasteiger partial charge in [-0.3, -0.25) is 0 Å². The summed E-state index contributed by atoms with van der Waals surface area (Å²) in [6.45, 7) is 0. The minimum atomic E-state index is -0.423. The van der Waals surface area contributed by atoms with Gasteiger partial charge in [-0.25, -0.2) is 9.78 Å². The number of halogens is 1. The Hall–Kier alpha value is -3.27. The third-order valence-corrected chi connectivity index (χ3v) is 5.72. The van der Waals surface area contributed by atoms with Crippen molar-refractivity contribution in [2.75, 3.05) is 0 Å². The Morgan fingerprint density at radius 2 is 1.76 bits per heavy atom. The predicted octanol–water partition coefficient (Wildman–Crippen LogP) is 6.34. The van der Waals surface area contributed by atoms with E-state index in [-0.39, 0.29) is 0 Å². The lowest BCUT2D eigenvalue weighted by atomic mass is 10.1.